The van der Waals surface area contributed by atoms with E-state index in [2.05, 4.69) is 41.8 Å². The van der Waals surface area contributed by atoms with Gasteiger partial charge in [0.1, 0.15) is 5.75 Å². The third-order valence-corrected chi connectivity index (χ3v) is 4.60. The van der Waals surface area contributed by atoms with Crippen LogP contribution in [0, 0.1) is 6.92 Å². The molecule has 1 heterocycles. The lowest BCUT2D eigenvalue weighted by Crippen LogP contribution is -2.44. The highest BCUT2D eigenvalue weighted by atomic mass is 35.5. The second-order valence-electron chi connectivity index (χ2n) is 6.61. The summed E-state index contributed by atoms with van der Waals surface area (Å²) in [6.45, 7) is 4.12. The molecule has 6 heteroatoms. The molecule has 0 aliphatic carbocycles. The van der Waals surface area contributed by atoms with E-state index in [4.69, 9.17) is 9.47 Å². The minimum atomic E-state index is -0.196. The largest absolute Gasteiger partial charge is 0.497 e. The van der Waals surface area contributed by atoms with Gasteiger partial charge in [0.15, 0.2) is 0 Å². The van der Waals surface area contributed by atoms with Crippen LogP contribution in [0.15, 0.2) is 48.5 Å². The normalized spacial score (nSPS) is 17.5. The maximum absolute atomic E-state index is 12.6. The van der Waals surface area contributed by atoms with E-state index in [-0.39, 0.29) is 30.4 Å². The fourth-order valence-corrected chi connectivity index (χ4v) is 3.11. The van der Waals surface area contributed by atoms with Crippen molar-refractivity contribution in [2.24, 2.45) is 0 Å². The van der Waals surface area contributed by atoms with E-state index in [9.17, 15) is 4.79 Å². The van der Waals surface area contributed by atoms with E-state index in [1.54, 1.807) is 7.11 Å². The van der Waals surface area contributed by atoms with Crippen molar-refractivity contribution in [2.45, 2.75) is 25.4 Å². The molecule has 2 unspecified atom stereocenters. The van der Waals surface area contributed by atoms with Gasteiger partial charge in [-0.2, -0.15) is 0 Å². The Labute approximate surface area is 166 Å². The summed E-state index contributed by atoms with van der Waals surface area (Å²) in [5.41, 5.74) is 3.27. The van der Waals surface area contributed by atoms with Crippen molar-refractivity contribution in [1.29, 1.82) is 0 Å². The van der Waals surface area contributed by atoms with Crippen LogP contribution in [0.3, 0.4) is 0 Å². The average molecular weight is 391 g/mol. The number of benzene rings is 2. The van der Waals surface area contributed by atoms with Crippen molar-refractivity contribution < 1.29 is 14.3 Å². The number of aryl methyl sites for hydroxylation is 1. The molecule has 1 saturated heterocycles. The summed E-state index contributed by atoms with van der Waals surface area (Å²) in [5, 5.41) is 6.50. The van der Waals surface area contributed by atoms with Crippen LogP contribution in [0.4, 0.5) is 0 Å². The summed E-state index contributed by atoms with van der Waals surface area (Å²) in [5.74, 6) is 0.806. The molecular weight excluding hydrogens is 364 g/mol. The molecule has 1 aliphatic rings. The number of rotatable bonds is 6. The Morgan fingerprint density at radius 3 is 2.37 bits per heavy atom. The predicted octanol–water partition coefficient (Wildman–Crippen LogP) is 3.01. The zero-order chi connectivity index (χ0) is 18.4. The third kappa shape index (κ3) is 5.96. The van der Waals surface area contributed by atoms with Crippen molar-refractivity contribution in [3.63, 3.8) is 0 Å². The van der Waals surface area contributed by atoms with E-state index in [0.29, 0.717) is 19.6 Å². The van der Waals surface area contributed by atoms with Gasteiger partial charge in [0.05, 0.1) is 26.4 Å². The molecule has 0 saturated carbocycles. The standard InChI is InChI=1S/C21H26N2O3.ClH/c1-15-3-5-16(6-4-15)21(17-7-9-19(25-2)10-8-17)23-20(24)13-18-14-26-12-11-22-18;/h3-10,18,21-22H,11-14H2,1-2H3,(H,23,24);1H. The van der Waals surface area contributed by atoms with Gasteiger partial charge in [-0.05, 0) is 30.2 Å². The number of hydrogen-bond donors (Lipinski definition) is 2. The summed E-state index contributed by atoms with van der Waals surface area (Å²) in [4.78, 5) is 12.6. The number of methoxy groups -OCH3 is 1. The molecule has 2 aromatic carbocycles. The number of amides is 1. The lowest BCUT2D eigenvalue weighted by Gasteiger charge is -2.25. The summed E-state index contributed by atoms with van der Waals surface area (Å²) >= 11 is 0. The smallest absolute Gasteiger partial charge is 0.222 e. The molecular formula is C21H27ClN2O3. The van der Waals surface area contributed by atoms with Gasteiger partial charge in [-0.15, -0.1) is 12.4 Å². The number of nitrogens with one attached hydrogen (secondary N) is 2. The van der Waals surface area contributed by atoms with Gasteiger partial charge in [0.2, 0.25) is 5.91 Å². The first-order chi connectivity index (χ1) is 12.7. The number of carbonyl (C=O) groups is 1. The lowest BCUT2D eigenvalue weighted by molar-refractivity contribution is -0.122. The van der Waals surface area contributed by atoms with E-state index < -0.39 is 0 Å². The molecule has 0 spiro atoms. The van der Waals surface area contributed by atoms with Crippen molar-refractivity contribution in [3.05, 3.63) is 65.2 Å². The summed E-state index contributed by atoms with van der Waals surface area (Å²) in [6.07, 6.45) is 0.401. The van der Waals surface area contributed by atoms with Crippen molar-refractivity contribution >= 4 is 18.3 Å². The van der Waals surface area contributed by atoms with Crippen LogP contribution in [-0.2, 0) is 9.53 Å². The second kappa shape index (κ2) is 10.3. The van der Waals surface area contributed by atoms with Crippen LogP contribution in [0.25, 0.3) is 0 Å². The van der Waals surface area contributed by atoms with E-state index >= 15 is 0 Å². The Kier molecular flexibility index (Phi) is 8.10. The molecule has 0 aromatic heterocycles. The van der Waals surface area contributed by atoms with Crippen LogP contribution >= 0.6 is 12.4 Å². The molecule has 5 nitrogen and oxygen atoms in total. The summed E-state index contributed by atoms with van der Waals surface area (Å²) in [6, 6.07) is 15.9. The lowest BCUT2D eigenvalue weighted by atomic mass is 9.97. The fourth-order valence-electron chi connectivity index (χ4n) is 3.11. The maximum Gasteiger partial charge on any atom is 0.222 e. The van der Waals surface area contributed by atoms with Gasteiger partial charge in [0, 0.05) is 19.0 Å². The minimum absolute atomic E-state index is 0. The van der Waals surface area contributed by atoms with Crippen molar-refractivity contribution in [3.8, 4) is 5.75 Å². The minimum Gasteiger partial charge on any atom is -0.497 e. The topological polar surface area (TPSA) is 59.6 Å². The molecule has 2 N–H and O–H groups in total. The Bertz CT molecular complexity index is 713. The molecule has 1 fully saturated rings. The molecule has 0 radical (unpaired) electrons. The second-order valence-corrected chi connectivity index (χ2v) is 6.61. The van der Waals surface area contributed by atoms with Gasteiger partial charge in [-0.25, -0.2) is 0 Å². The molecule has 27 heavy (non-hydrogen) atoms. The first-order valence-corrected chi connectivity index (χ1v) is 8.96. The zero-order valence-corrected chi connectivity index (χ0v) is 16.6. The Morgan fingerprint density at radius 2 is 1.81 bits per heavy atom. The fraction of sp³-hybridized carbons (Fsp3) is 0.381. The number of morpholine rings is 1. The third-order valence-electron chi connectivity index (χ3n) is 4.60. The Morgan fingerprint density at radius 1 is 1.19 bits per heavy atom. The average Bonchev–Trinajstić information content (AvgIpc) is 2.68. The quantitative estimate of drug-likeness (QED) is 0.796. The van der Waals surface area contributed by atoms with Gasteiger partial charge >= 0.3 is 0 Å². The van der Waals surface area contributed by atoms with Crippen molar-refractivity contribution in [1.82, 2.24) is 10.6 Å². The SMILES string of the molecule is COc1ccc(C(NC(=O)CC2COCCN2)c2ccc(C)cc2)cc1.Cl. The van der Waals surface area contributed by atoms with Crippen LogP contribution in [-0.4, -0.2) is 38.8 Å². The molecule has 3 rings (SSSR count). The van der Waals surface area contributed by atoms with Crippen LogP contribution in [0.1, 0.15) is 29.2 Å². The predicted molar refractivity (Wildman–Crippen MR) is 109 cm³/mol. The Hall–Kier alpha value is -2.08. The van der Waals surface area contributed by atoms with Gasteiger partial charge in [0.25, 0.3) is 0 Å². The van der Waals surface area contributed by atoms with Crippen LogP contribution in [0.2, 0.25) is 0 Å². The number of halogens is 1. The molecule has 2 aromatic rings. The monoisotopic (exact) mass is 390 g/mol. The van der Waals surface area contributed by atoms with Crippen LogP contribution < -0.4 is 15.4 Å². The highest BCUT2D eigenvalue weighted by Gasteiger charge is 2.21. The van der Waals surface area contributed by atoms with Gasteiger partial charge in [-0.3, -0.25) is 4.79 Å². The van der Waals surface area contributed by atoms with Gasteiger partial charge < -0.3 is 20.1 Å². The summed E-state index contributed by atoms with van der Waals surface area (Å²) < 4.78 is 10.7. The molecule has 1 amide bonds. The number of hydrogen-bond acceptors (Lipinski definition) is 4. The highest BCUT2D eigenvalue weighted by Crippen LogP contribution is 2.25. The zero-order valence-electron chi connectivity index (χ0n) is 15.7. The highest BCUT2D eigenvalue weighted by molar-refractivity contribution is 5.85. The van der Waals surface area contributed by atoms with Crippen LogP contribution in [0.5, 0.6) is 5.75 Å². The van der Waals surface area contributed by atoms with E-state index in [1.807, 2.05) is 24.3 Å². The maximum atomic E-state index is 12.6. The first kappa shape index (κ1) is 21.2. The number of ether oxygens (including phenoxy) is 2. The molecule has 146 valence electrons. The first-order valence-electron chi connectivity index (χ1n) is 8.96. The summed E-state index contributed by atoms with van der Waals surface area (Å²) in [7, 11) is 1.65. The molecule has 2 atom stereocenters. The number of carbonyl (C=O) groups excluding carboxylic acids is 1. The van der Waals surface area contributed by atoms with Crippen molar-refractivity contribution in [2.75, 3.05) is 26.9 Å². The molecule has 0 bridgehead atoms. The molecule has 1 aliphatic heterocycles. The Balaban J connectivity index is 0.00000261. The van der Waals surface area contributed by atoms with E-state index in [1.165, 1.54) is 5.56 Å². The van der Waals surface area contributed by atoms with Gasteiger partial charge in [-0.1, -0.05) is 42.0 Å². The van der Waals surface area contributed by atoms with E-state index in [0.717, 1.165) is 23.4 Å².